The van der Waals surface area contributed by atoms with Crippen LogP contribution in [0.2, 0.25) is 0 Å². The molecule has 1 aliphatic rings. The zero-order valence-corrected chi connectivity index (χ0v) is 15.5. The summed E-state index contributed by atoms with van der Waals surface area (Å²) in [4.78, 5) is 26.8. The number of carbonyl (C=O) groups excluding carboxylic acids is 2. The number of likely N-dealkylation sites (tertiary alicyclic amines) is 1. The zero-order valence-electron chi connectivity index (χ0n) is 15.5. The third-order valence-electron chi connectivity index (χ3n) is 4.75. The smallest absolute Gasteiger partial charge is 0.296 e. The van der Waals surface area contributed by atoms with Crippen molar-refractivity contribution in [3.05, 3.63) is 41.7 Å². The molecule has 7 heteroatoms. The normalized spacial score (nSPS) is 15.7. The number of nitrogens with zero attached hydrogens (tertiary/aromatic N) is 3. The maximum atomic E-state index is 12.3. The van der Waals surface area contributed by atoms with E-state index in [1.54, 1.807) is 7.05 Å². The molecule has 0 aliphatic carbocycles. The number of benzene rings is 1. The minimum atomic E-state index is -0.655. The minimum Gasteiger partial charge on any atom is -0.382 e. The zero-order chi connectivity index (χ0) is 18.7. The summed E-state index contributed by atoms with van der Waals surface area (Å²) >= 11 is 0. The first-order valence-electron chi connectivity index (χ1n) is 8.82. The summed E-state index contributed by atoms with van der Waals surface area (Å²) in [7, 11) is 3.84. The number of carbonyl (C=O) groups is 2. The Balaban J connectivity index is 1.67. The molecule has 1 aliphatic heterocycles. The molecule has 0 bridgehead atoms. The lowest BCUT2D eigenvalue weighted by Crippen LogP contribution is -2.36. The lowest BCUT2D eigenvalue weighted by molar-refractivity contribution is -0.112. The number of aryl methyl sites for hydroxylation is 2. The van der Waals surface area contributed by atoms with Crippen molar-refractivity contribution < 1.29 is 9.59 Å². The first-order valence-corrected chi connectivity index (χ1v) is 8.82. The molecule has 0 unspecified atom stereocenters. The number of hydrogen-bond acceptors (Lipinski definition) is 5. The molecule has 1 aromatic heterocycles. The Hall–Kier alpha value is -2.67. The Kier molecular flexibility index (Phi) is 5.37. The predicted molar refractivity (Wildman–Crippen MR) is 101 cm³/mol. The average Bonchev–Trinajstić information content (AvgIpc) is 3.05. The molecule has 2 N–H and O–H groups in total. The molecule has 1 saturated heterocycles. The van der Waals surface area contributed by atoms with Crippen LogP contribution in [0.1, 0.15) is 28.8 Å². The van der Waals surface area contributed by atoms with Crippen molar-refractivity contribution in [1.82, 2.24) is 14.7 Å². The number of nitrogens with one attached hydrogen (secondary N) is 2. The Morgan fingerprint density at radius 2 is 1.92 bits per heavy atom. The second kappa shape index (κ2) is 7.70. The van der Waals surface area contributed by atoms with Crippen molar-refractivity contribution in [2.75, 3.05) is 30.8 Å². The number of aromatic nitrogens is 2. The van der Waals surface area contributed by atoms with E-state index in [1.807, 2.05) is 25.1 Å². The van der Waals surface area contributed by atoms with Crippen LogP contribution < -0.4 is 10.6 Å². The second-order valence-corrected chi connectivity index (χ2v) is 6.94. The molecule has 1 amide bonds. The van der Waals surface area contributed by atoms with Gasteiger partial charge in [-0.05, 0) is 57.6 Å². The number of hydrogen-bond donors (Lipinski definition) is 2. The van der Waals surface area contributed by atoms with Crippen LogP contribution in [0.25, 0.3) is 0 Å². The highest BCUT2D eigenvalue weighted by Gasteiger charge is 2.20. The number of ketones is 1. The van der Waals surface area contributed by atoms with Gasteiger partial charge in [0.15, 0.2) is 0 Å². The van der Waals surface area contributed by atoms with E-state index < -0.39 is 11.7 Å². The molecule has 1 aromatic carbocycles. The highest BCUT2D eigenvalue weighted by Crippen LogP contribution is 2.23. The standard InChI is InChI=1S/C19H25N5O2/c1-13-4-5-16(21-15-6-8-23(2)9-7-15)10-17(13)22-19(26)18(25)14-11-20-24(3)12-14/h4-5,10-12,15,21H,6-9H2,1-3H3,(H,22,26). The molecular formula is C19H25N5O2. The second-order valence-electron chi connectivity index (χ2n) is 6.94. The first-order chi connectivity index (χ1) is 12.4. The lowest BCUT2D eigenvalue weighted by Gasteiger charge is -2.30. The summed E-state index contributed by atoms with van der Waals surface area (Å²) in [5.41, 5.74) is 2.79. The van der Waals surface area contributed by atoms with E-state index in [2.05, 4.69) is 27.7 Å². The van der Waals surface area contributed by atoms with Gasteiger partial charge in [-0.25, -0.2) is 0 Å². The molecule has 138 valence electrons. The molecule has 26 heavy (non-hydrogen) atoms. The van der Waals surface area contributed by atoms with Gasteiger partial charge < -0.3 is 15.5 Å². The minimum absolute atomic E-state index is 0.281. The van der Waals surface area contributed by atoms with Crippen molar-refractivity contribution in [2.24, 2.45) is 7.05 Å². The van der Waals surface area contributed by atoms with Crippen LogP contribution >= 0.6 is 0 Å². The van der Waals surface area contributed by atoms with E-state index >= 15 is 0 Å². The van der Waals surface area contributed by atoms with Crippen LogP contribution in [-0.2, 0) is 11.8 Å². The topological polar surface area (TPSA) is 79.3 Å². The fraction of sp³-hybridized carbons (Fsp3) is 0.421. The summed E-state index contributed by atoms with van der Waals surface area (Å²) in [6, 6.07) is 6.27. The van der Waals surface area contributed by atoms with E-state index in [0.29, 0.717) is 11.7 Å². The van der Waals surface area contributed by atoms with Crippen LogP contribution in [0.3, 0.4) is 0 Å². The van der Waals surface area contributed by atoms with Gasteiger partial charge in [0.25, 0.3) is 11.7 Å². The summed E-state index contributed by atoms with van der Waals surface area (Å²) in [5, 5.41) is 10.2. The number of rotatable bonds is 5. The van der Waals surface area contributed by atoms with Gasteiger partial charge in [-0.1, -0.05) is 6.07 Å². The predicted octanol–water partition coefficient (Wildman–Crippen LogP) is 2.06. The van der Waals surface area contributed by atoms with Crippen LogP contribution in [0.5, 0.6) is 0 Å². The molecule has 2 aromatic rings. The molecule has 0 atom stereocenters. The lowest BCUT2D eigenvalue weighted by atomic mass is 10.0. The monoisotopic (exact) mass is 355 g/mol. The van der Waals surface area contributed by atoms with E-state index in [0.717, 1.165) is 37.2 Å². The maximum Gasteiger partial charge on any atom is 0.296 e. The summed E-state index contributed by atoms with van der Waals surface area (Å²) in [5.74, 6) is -1.25. The van der Waals surface area contributed by atoms with Crippen LogP contribution in [0, 0.1) is 6.92 Å². The Morgan fingerprint density at radius 3 is 2.58 bits per heavy atom. The Morgan fingerprint density at radius 1 is 1.19 bits per heavy atom. The molecule has 2 heterocycles. The fourth-order valence-corrected chi connectivity index (χ4v) is 3.08. The highest BCUT2D eigenvalue weighted by atomic mass is 16.2. The van der Waals surface area contributed by atoms with E-state index in [1.165, 1.54) is 17.1 Å². The highest BCUT2D eigenvalue weighted by molar-refractivity contribution is 6.46. The van der Waals surface area contributed by atoms with Gasteiger partial charge in [0.1, 0.15) is 0 Å². The molecule has 3 rings (SSSR count). The van der Waals surface area contributed by atoms with E-state index in [9.17, 15) is 9.59 Å². The third kappa shape index (κ3) is 4.29. The van der Waals surface area contributed by atoms with Gasteiger partial charge in [-0.15, -0.1) is 0 Å². The van der Waals surface area contributed by atoms with Gasteiger partial charge in [-0.2, -0.15) is 5.10 Å². The van der Waals surface area contributed by atoms with Crippen LogP contribution in [0.4, 0.5) is 11.4 Å². The van der Waals surface area contributed by atoms with Crippen LogP contribution in [-0.4, -0.2) is 52.5 Å². The molecule has 0 saturated carbocycles. The Bertz CT molecular complexity index is 806. The van der Waals surface area contributed by atoms with Crippen molar-refractivity contribution in [1.29, 1.82) is 0 Å². The van der Waals surface area contributed by atoms with Gasteiger partial charge in [0.2, 0.25) is 0 Å². The SMILES string of the molecule is Cc1ccc(NC2CCN(C)CC2)cc1NC(=O)C(=O)c1cnn(C)c1. The summed E-state index contributed by atoms with van der Waals surface area (Å²) < 4.78 is 1.50. The first kappa shape index (κ1) is 18.1. The van der Waals surface area contributed by atoms with Crippen molar-refractivity contribution in [3.8, 4) is 0 Å². The van der Waals surface area contributed by atoms with Gasteiger partial charge in [0.05, 0.1) is 11.8 Å². The van der Waals surface area contributed by atoms with Gasteiger partial charge in [-0.3, -0.25) is 14.3 Å². The summed E-state index contributed by atoms with van der Waals surface area (Å²) in [6.45, 7) is 4.06. The van der Waals surface area contributed by atoms with E-state index in [-0.39, 0.29) is 5.56 Å². The Labute approximate surface area is 153 Å². The van der Waals surface area contributed by atoms with Crippen molar-refractivity contribution in [2.45, 2.75) is 25.8 Å². The van der Waals surface area contributed by atoms with Gasteiger partial charge in [0, 0.05) is 30.7 Å². The third-order valence-corrected chi connectivity index (χ3v) is 4.75. The molecule has 1 fully saturated rings. The van der Waals surface area contributed by atoms with Crippen LogP contribution in [0.15, 0.2) is 30.6 Å². The largest absolute Gasteiger partial charge is 0.382 e. The molecule has 7 nitrogen and oxygen atoms in total. The molecule has 0 radical (unpaired) electrons. The summed E-state index contributed by atoms with van der Waals surface area (Å²) in [6.07, 6.45) is 5.11. The maximum absolute atomic E-state index is 12.3. The van der Waals surface area contributed by atoms with Crippen molar-refractivity contribution >= 4 is 23.1 Å². The fourth-order valence-electron chi connectivity index (χ4n) is 3.08. The van der Waals surface area contributed by atoms with Crippen molar-refractivity contribution in [3.63, 3.8) is 0 Å². The average molecular weight is 355 g/mol. The van der Waals surface area contributed by atoms with Gasteiger partial charge >= 0.3 is 0 Å². The quantitative estimate of drug-likeness (QED) is 0.634. The molecule has 0 spiro atoms. The number of anilines is 2. The number of piperidine rings is 1. The number of Topliss-reactive ketones (excluding diaryl/α,β-unsaturated/α-hetero) is 1. The number of amides is 1. The van der Waals surface area contributed by atoms with E-state index in [4.69, 9.17) is 0 Å². The molecular weight excluding hydrogens is 330 g/mol.